The van der Waals surface area contributed by atoms with Gasteiger partial charge in [0.25, 0.3) is 10.0 Å². The Morgan fingerprint density at radius 2 is 1.58 bits per heavy atom. The van der Waals surface area contributed by atoms with Gasteiger partial charge in [-0.1, -0.05) is 6.07 Å². The molecule has 0 atom stereocenters. The molecule has 24 heavy (non-hydrogen) atoms. The van der Waals surface area contributed by atoms with Gasteiger partial charge in [-0.3, -0.25) is 4.90 Å². The third kappa shape index (κ3) is 2.26. The van der Waals surface area contributed by atoms with Crippen molar-refractivity contribution in [2.75, 3.05) is 19.0 Å². The van der Waals surface area contributed by atoms with E-state index in [2.05, 4.69) is 0 Å². The number of fused-ring (bicyclic) bond motifs is 1. The van der Waals surface area contributed by atoms with Crippen LogP contribution in [0, 0.1) is 0 Å². The summed E-state index contributed by atoms with van der Waals surface area (Å²) in [5.74, 6) is 0. The van der Waals surface area contributed by atoms with E-state index in [1.54, 1.807) is 19.2 Å². The van der Waals surface area contributed by atoms with Gasteiger partial charge in [0.05, 0.1) is 16.9 Å². The summed E-state index contributed by atoms with van der Waals surface area (Å²) in [6.07, 6.45) is 0. The number of benzene rings is 1. The quantitative estimate of drug-likeness (QED) is 0.710. The van der Waals surface area contributed by atoms with E-state index in [0.717, 1.165) is 4.31 Å². The number of nitrogens with zero attached hydrogens (tertiary/aromatic N) is 2. The first-order valence-corrected chi connectivity index (χ1v) is 9.09. The number of sulfonamides is 1. The lowest BCUT2D eigenvalue weighted by Gasteiger charge is -2.32. The average molecular weight is 352 g/mol. The van der Waals surface area contributed by atoms with Crippen LogP contribution in [0.25, 0.3) is 0 Å². The molecule has 0 bridgehead atoms. The first-order chi connectivity index (χ1) is 10.9. The molecule has 7 nitrogen and oxygen atoms in total. The Bertz CT molecular complexity index is 805. The Morgan fingerprint density at radius 3 is 2.12 bits per heavy atom. The zero-order valence-electron chi connectivity index (χ0n) is 14.7. The van der Waals surface area contributed by atoms with Crippen molar-refractivity contribution in [3.8, 4) is 0 Å². The fourth-order valence-electron chi connectivity index (χ4n) is 2.70. The van der Waals surface area contributed by atoms with Crippen LogP contribution in [0.15, 0.2) is 23.1 Å². The van der Waals surface area contributed by atoms with E-state index in [1.807, 2.05) is 27.7 Å². The van der Waals surface area contributed by atoms with Crippen molar-refractivity contribution in [2.45, 2.75) is 43.8 Å². The lowest BCUT2D eigenvalue weighted by molar-refractivity contribution is 0.00578. The average Bonchev–Trinajstić information content (AvgIpc) is 2.71. The summed E-state index contributed by atoms with van der Waals surface area (Å²) >= 11 is 0. The summed E-state index contributed by atoms with van der Waals surface area (Å²) in [5.41, 5.74) is -0.0862. The van der Waals surface area contributed by atoms with E-state index in [-0.39, 0.29) is 4.90 Å². The van der Waals surface area contributed by atoms with Gasteiger partial charge in [-0.2, -0.15) is 0 Å². The number of rotatable bonds is 1. The second-order valence-electron chi connectivity index (χ2n) is 7.13. The number of hydrogen-bond acceptors (Lipinski definition) is 5. The molecule has 1 aromatic rings. The predicted molar refractivity (Wildman–Crippen MR) is 90.9 cm³/mol. The molecule has 130 valence electrons. The van der Waals surface area contributed by atoms with Gasteiger partial charge in [0, 0.05) is 14.1 Å². The van der Waals surface area contributed by atoms with Crippen molar-refractivity contribution >= 4 is 34.3 Å². The van der Waals surface area contributed by atoms with Gasteiger partial charge < -0.3 is 9.31 Å². The van der Waals surface area contributed by atoms with Crippen LogP contribution in [0.3, 0.4) is 0 Å². The van der Waals surface area contributed by atoms with Gasteiger partial charge in [0.1, 0.15) is 4.90 Å². The smallest absolute Gasteiger partial charge is 0.399 e. The maximum atomic E-state index is 12.6. The van der Waals surface area contributed by atoms with Crippen LogP contribution in [-0.2, 0) is 19.3 Å². The second kappa shape index (κ2) is 4.97. The normalized spacial score (nSPS) is 24.2. The molecule has 0 aromatic heterocycles. The van der Waals surface area contributed by atoms with E-state index in [1.165, 1.54) is 18.0 Å². The van der Waals surface area contributed by atoms with E-state index >= 15 is 0 Å². The van der Waals surface area contributed by atoms with Gasteiger partial charge in [-0.25, -0.2) is 17.5 Å². The molecule has 1 saturated heterocycles. The van der Waals surface area contributed by atoms with E-state index < -0.39 is 34.4 Å². The number of amides is 2. The summed E-state index contributed by atoms with van der Waals surface area (Å²) in [6, 6.07) is 4.27. The van der Waals surface area contributed by atoms with Crippen LogP contribution in [0.4, 0.5) is 10.5 Å². The van der Waals surface area contributed by atoms with Crippen LogP contribution in [0.5, 0.6) is 0 Å². The number of anilines is 1. The Balaban J connectivity index is 2.08. The third-order valence-electron chi connectivity index (χ3n) is 5.07. The van der Waals surface area contributed by atoms with Gasteiger partial charge in [-0.05, 0) is 45.3 Å². The molecule has 1 fully saturated rings. The molecule has 0 aliphatic carbocycles. The molecule has 2 aliphatic rings. The Morgan fingerprint density at radius 1 is 1.04 bits per heavy atom. The fraction of sp³-hybridized carbons (Fsp3) is 0.533. The molecule has 2 amide bonds. The van der Waals surface area contributed by atoms with Crippen molar-refractivity contribution < 1.29 is 22.5 Å². The van der Waals surface area contributed by atoms with Crippen LogP contribution >= 0.6 is 0 Å². The number of hydrogen-bond donors (Lipinski definition) is 0. The SMILES string of the molecule is CN1C(=O)N(C)S(=O)(=O)c2cc(B3OC(C)(C)C(C)(C)O3)ccc21. The molecule has 0 unspecified atom stereocenters. The highest BCUT2D eigenvalue weighted by atomic mass is 32.2. The van der Waals surface area contributed by atoms with Gasteiger partial charge >= 0.3 is 13.1 Å². The molecule has 0 radical (unpaired) electrons. The summed E-state index contributed by atoms with van der Waals surface area (Å²) in [4.78, 5) is 13.4. The standard InChI is InChI=1S/C15H21BN2O5S/c1-14(2)15(3,4)23-16(22-14)10-7-8-11-12(9-10)24(20,21)18(6)13(19)17(11)5/h7-9H,1-6H3. The van der Waals surface area contributed by atoms with E-state index in [9.17, 15) is 13.2 Å². The number of carbonyl (C=O) groups is 1. The van der Waals surface area contributed by atoms with Crippen molar-refractivity contribution in [1.82, 2.24) is 4.31 Å². The van der Waals surface area contributed by atoms with Crippen LogP contribution in [-0.4, -0.2) is 51.2 Å². The highest BCUT2D eigenvalue weighted by Crippen LogP contribution is 2.37. The first kappa shape index (κ1) is 17.3. The number of urea groups is 1. The van der Waals surface area contributed by atoms with Crippen LogP contribution in [0.2, 0.25) is 0 Å². The van der Waals surface area contributed by atoms with Crippen molar-refractivity contribution in [3.05, 3.63) is 18.2 Å². The minimum absolute atomic E-state index is 0.0688. The predicted octanol–water partition coefficient (Wildman–Crippen LogP) is 1.18. The molecular formula is C15H21BN2O5S. The van der Waals surface area contributed by atoms with Gasteiger partial charge in [0.15, 0.2) is 0 Å². The fourth-order valence-corrected chi connectivity index (χ4v) is 4.08. The lowest BCUT2D eigenvalue weighted by atomic mass is 9.79. The molecule has 2 heterocycles. The van der Waals surface area contributed by atoms with Gasteiger partial charge in [0.2, 0.25) is 0 Å². The monoisotopic (exact) mass is 352 g/mol. The van der Waals surface area contributed by atoms with Crippen molar-refractivity contribution in [2.24, 2.45) is 0 Å². The summed E-state index contributed by atoms with van der Waals surface area (Å²) in [5, 5.41) is 0. The highest BCUT2D eigenvalue weighted by molar-refractivity contribution is 7.90. The van der Waals surface area contributed by atoms with Crippen molar-refractivity contribution in [3.63, 3.8) is 0 Å². The van der Waals surface area contributed by atoms with Crippen LogP contribution in [0.1, 0.15) is 27.7 Å². The molecule has 0 saturated carbocycles. The Kier molecular flexibility index (Phi) is 3.57. The maximum Gasteiger partial charge on any atom is 0.494 e. The zero-order valence-corrected chi connectivity index (χ0v) is 15.5. The summed E-state index contributed by atoms with van der Waals surface area (Å²) in [7, 11) is -1.75. The van der Waals surface area contributed by atoms with Crippen molar-refractivity contribution in [1.29, 1.82) is 0 Å². The first-order valence-electron chi connectivity index (χ1n) is 7.65. The molecule has 9 heteroatoms. The van der Waals surface area contributed by atoms with E-state index in [4.69, 9.17) is 9.31 Å². The molecule has 3 rings (SSSR count). The topological polar surface area (TPSA) is 76.2 Å². The largest absolute Gasteiger partial charge is 0.494 e. The minimum Gasteiger partial charge on any atom is -0.399 e. The zero-order chi connectivity index (χ0) is 18.1. The highest BCUT2D eigenvalue weighted by Gasteiger charge is 2.52. The molecule has 0 N–H and O–H groups in total. The summed E-state index contributed by atoms with van der Waals surface area (Å²) in [6.45, 7) is 7.73. The number of carbonyl (C=O) groups excluding carboxylic acids is 1. The molecule has 2 aliphatic heterocycles. The minimum atomic E-state index is -3.88. The van der Waals surface area contributed by atoms with Gasteiger partial charge in [-0.15, -0.1) is 0 Å². The molecule has 0 spiro atoms. The van der Waals surface area contributed by atoms with Crippen LogP contribution < -0.4 is 10.4 Å². The second-order valence-corrected chi connectivity index (χ2v) is 9.07. The third-order valence-corrected chi connectivity index (χ3v) is 6.83. The Labute approximate surface area is 142 Å². The Hall–Kier alpha value is -1.58. The molecular weight excluding hydrogens is 331 g/mol. The lowest BCUT2D eigenvalue weighted by Crippen LogP contribution is -2.47. The summed E-state index contributed by atoms with van der Waals surface area (Å²) < 4.78 is 37.8. The molecule has 1 aromatic carbocycles. The maximum absolute atomic E-state index is 12.6. The van der Waals surface area contributed by atoms with E-state index in [0.29, 0.717) is 11.2 Å².